The van der Waals surface area contributed by atoms with Crippen LogP contribution in [-0.4, -0.2) is 56.3 Å². The van der Waals surface area contributed by atoms with Crippen LogP contribution in [0.15, 0.2) is 24.3 Å². The lowest BCUT2D eigenvalue weighted by Crippen LogP contribution is -2.47. The Bertz CT molecular complexity index is 602. The number of ether oxygens (including phenoxy) is 2. The Balaban J connectivity index is 1.64. The first kappa shape index (κ1) is 20.2. The molecular weight excluding hydrogens is 347 g/mol. The van der Waals surface area contributed by atoms with Gasteiger partial charge in [0.15, 0.2) is 0 Å². The maximum absolute atomic E-state index is 13.3. The second kappa shape index (κ2) is 9.62. The van der Waals surface area contributed by atoms with Gasteiger partial charge in [0.1, 0.15) is 5.82 Å². The molecule has 1 amide bonds. The van der Waals surface area contributed by atoms with Crippen LogP contribution in [0.2, 0.25) is 0 Å². The number of carbonyl (C=O) groups is 1. The van der Waals surface area contributed by atoms with Crippen molar-refractivity contribution >= 4 is 5.91 Å². The minimum Gasteiger partial charge on any atom is -0.383 e. The highest BCUT2D eigenvalue weighted by molar-refractivity contribution is 5.73. The molecule has 2 aliphatic rings. The second-order valence-electron chi connectivity index (χ2n) is 7.76. The van der Waals surface area contributed by atoms with Crippen molar-refractivity contribution in [2.75, 3.05) is 33.4 Å². The van der Waals surface area contributed by atoms with Gasteiger partial charge in [-0.25, -0.2) is 4.39 Å². The summed E-state index contributed by atoms with van der Waals surface area (Å²) in [5, 5.41) is 3.08. The van der Waals surface area contributed by atoms with Gasteiger partial charge in [-0.3, -0.25) is 4.79 Å². The molecule has 5 nitrogen and oxygen atoms in total. The Morgan fingerprint density at radius 1 is 1.26 bits per heavy atom. The smallest absolute Gasteiger partial charge is 0.217 e. The number of halogens is 1. The van der Waals surface area contributed by atoms with E-state index in [1.807, 2.05) is 0 Å². The molecule has 3 rings (SSSR count). The number of likely N-dealkylation sites (tertiary alicyclic amines) is 1. The fourth-order valence-electron chi connectivity index (χ4n) is 4.33. The molecule has 2 heterocycles. The molecule has 0 aromatic heterocycles. The standard InChI is InChI=1S/C21H31FN2O3/c1-15(25)23-19-13-20(16-3-5-18(22)6-4-16)27-21(14-19)17-7-9-24(10-8-17)11-12-26-2/h3-6,17,19-21H,7-14H2,1-2H3,(H,23,25)/t19-,20-,21+/m1/s1. The summed E-state index contributed by atoms with van der Waals surface area (Å²) in [4.78, 5) is 14.0. The van der Waals surface area contributed by atoms with Crippen LogP contribution in [-0.2, 0) is 14.3 Å². The molecule has 0 spiro atoms. The maximum Gasteiger partial charge on any atom is 0.217 e. The highest BCUT2D eigenvalue weighted by Gasteiger charge is 2.36. The summed E-state index contributed by atoms with van der Waals surface area (Å²) in [6.07, 6.45) is 3.78. The molecule has 6 heteroatoms. The van der Waals surface area contributed by atoms with Gasteiger partial charge < -0.3 is 19.7 Å². The first-order valence-electron chi connectivity index (χ1n) is 9.94. The summed E-state index contributed by atoms with van der Waals surface area (Å²) in [6.45, 7) is 5.41. The van der Waals surface area contributed by atoms with Gasteiger partial charge in [-0.15, -0.1) is 0 Å². The number of rotatable bonds is 6. The molecule has 0 radical (unpaired) electrons. The van der Waals surface area contributed by atoms with Gasteiger partial charge in [-0.2, -0.15) is 0 Å². The minimum absolute atomic E-state index is 0.00658. The van der Waals surface area contributed by atoms with Crippen LogP contribution < -0.4 is 5.32 Å². The van der Waals surface area contributed by atoms with Gasteiger partial charge in [-0.1, -0.05) is 12.1 Å². The lowest BCUT2D eigenvalue weighted by molar-refractivity contribution is -0.125. The minimum atomic E-state index is -0.243. The van der Waals surface area contributed by atoms with Gasteiger partial charge in [0.05, 0.1) is 18.8 Å². The number of nitrogens with one attached hydrogen (secondary N) is 1. The van der Waals surface area contributed by atoms with Gasteiger partial charge in [0, 0.05) is 26.6 Å². The molecule has 1 aromatic rings. The third-order valence-corrected chi connectivity index (χ3v) is 5.77. The summed E-state index contributed by atoms with van der Waals surface area (Å²) in [6, 6.07) is 6.64. The molecule has 0 aliphatic carbocycles. The normalized spacial score (nSPS) is 27.4. The summed E-state index contributed by atoms with van der Waals surface area (Å²) in [5.74, 6) is 0.240. The second-order valence-corrected chi connectivity index (χ2v) is 7.76. The molecular formula is C21H31FN2O3. The van der Waals surface area contributed by atoms with E-state index in [0.717, 1.165) is 57.5 Å². The Morgan fingerprint density at radius 3 is 2.59 bits per heavy atom. The van der Waals surface area contributed by atoms with Crippen LogP contribution in [0.25, 0.3) is 0 Å². The van der Waals surface area contributed by atoms with Crippen molar-refractivity contribution in [3.05, 3.63) is 35.6 Å². The Hall–Kier alpha value is -1.50. The van der Waals surface area contributed by atoms with Crippen molar-refractivity contribution in [1.29, 1.82) is 0 Å². The Labute approximate surface area is 161 Å². The third kappa shape index (κ3) is 5.74. The highest BCUT2D eigenvalue weighted by Crippen LogP contribution is 2.37. The predicted octanol–water partition coefficient (Wildman–Crippen LogP) is 2.91. The van der Waals surface area contributed by atoms with Crippen LogP contribution in [0.3, 0.4) is 0 Å². The molecule has 2 saturated heterocycles. The topological polar surface area (TPSA) is 50.8 Å². The first-order valence-corrected chi connectivity index (χ1v) is 9.94. The molecule has 150 valence electrons. The van der Waals surface area contributed by atoms with E-state index in [4.69, 9.17) is 9.47 Å². The maximum atomic E-state index is 13.3. The van der Waals surface area contributed by atoms with Crippen LogP contribution in [0.4, 0.5) is 4.39 Å². The predicted molar refractivity (Wildman–Crippen MR) is 102 cm³/mol. The number of benzene rings is 1. The van der Waals surface area contributed by atoms with E-state index in [2.05, 4.69) is 10.2 Å². The highest BCUT2D eigenvalue weighted by atomic mass is 19.1. The van der Waals surface area contributed by atoms with Gasteiger partial charge in [0.2, 0.25) is 5.91 Å². The Kier molecular flexibility index (Phi) is 7.21. The fourth-order valence-corrected chi connectivity index (χ4v) is 4.33. The van der Waals surface area contributed by atoms with Crippen molar-refractivity contribution < 1.29 is 18.7 Å². The van der Waals surface area contributed by atoms with Gasteiger partial charge in [-0.05, 0) is 62.4 Å². The van der Waals surface area contributed by atoms with Gasteiger partial charge in [0.25, 0.3) is 0 Å². The molecule has 1 aromatic carbocycles. The van der Waals surface area contributed by atoms with Crippen LogP contribution >= 0.6 is 0 Å². The molecule has 27 heavy (non-hydrogen) atoms. The van der Waals surface area contributed by atoms with Crippen molar-refractivity contribution in [3.8, 4) is 0 Å². The largest absolute Gasteiger partial charge is 0.383 e. The number of hydrogen-bond donors (Lipinski definition) is 1. The van der Waals surface area contributed by atoms with Crippen LogP contribution in [0, 0.1) is 11.7 Å². The number of hydrogen-bond acceptors (Lipinski definition) is 4. The van der Waals surface area contributed by atoms with E-state index in [1.165, 1.54) is 12.1 Å². The van der Waals surface area contributed by atoms with E-state index in [1.54, 1.807) is 26.2 Å². The Morgan fingerprint density at radius 2 is 1.96 bits per heavy atom. The quantitative estimate of drug-likeness (QED) is 0.827. The zero-order valence-electron chi connectivity index (χ0n) is 16.3. The molecule has 0 bridgehead atoms. The molecule has 0 unspecified atom stereocenters. The summed E-state index contributed by atoms with van der Waals surface area (Å²) < 4.78 is 24.9. The van der Waals surface area contributed by atoms with E-state index < -0.39 is 0 Å². The zero-order chi connectivity index (χ0) is 19.2. The van der Waals surface area contributed by atoms with Crippen molar-refractivity contribution in [1.82, 2.24) is 10.2 Å². The molecule has 2 aliphatic heterocycles. The van der Waals surface area contributed by atoms with Crippen molar-refractivity contribution in [2.24, 2.45) is 5.92 Å². The molecule has 0 saturated carbocycles. The monoisotopic (exact) mass is 378 g/mol. The lowest BCUT2D eigenvalue weighted by atomic mass is 9.83. The molecule has 2 fully saturated rings. The molecule has 3 atom stereocenters. The third-order valence-electron chi connectivity index (χ3n) is 5.77. The van der Waals surface area contributed by atoms with Crippen molar-refractivity contribution in [2.45, 2.75) is 50.9 Å². The van der Waals surface area contributed by atoms with Crippen LogP contribution in [0.1, 0.15) is 44.3 Å². The van der Waals surface area contributed by atoms with E-state index in [0.29, 0.717) is 5.92 Å². The summed E-state index contributed by atoms with van der Waals surface area (Å²) in [7, 11) is 1.74. The zero-order valence-corrected chi connectivity index (χ0v) is 16.3. The van der Waals surface area contributed by atoms with Gasteiger partial charge >= 0.3 is 0 Å². The first-order chi connectivity index (χ1) is 13.0. The number of carbonyl (C=O) groups excluding carboxylic acids is 1. The SMILES string of the molecule is COCCN1CCC([C@@H]2C[C@H](NC(C)=O)C[C@H](c3ccc(F)cc3)O2)CC1. The number of methoxy groups -OCH3 is 1. The average molecular weight is 378 g/mol. The van der Waals surface area contributed by atoms with Crippen LogP contribution in [0.5, 0.6) is 0 Å². The van der Waals surface area contributed by atoms with E-state index in [-0.39, 0.29) is 30.0 Å². The summed E-state index contributed by atoms with van der Waals surface area (Å²) in [5.41, 5.74) is 0.981. The number of amides is 1. The average Bonchev–Trinajstić information content (AvgIpc) is 2.66. The summed E-state index contributed by atoms with van der Waals surface area (Å²) >= 11 is 0. The fraction of sp³-hybridized carbons (Fsp3) is 0.667. The lowest BCUT2D eigenvalue weighted by Gasteiger charge is -2.42. The van der Waals surface area contributed by atoms with E-state index in [9.17, 15) is 9.18 Å². The molecule has 1 N–H and O–H groups in total. The van der Waals surface area contributed by atoms with E-state index >= 15 is 0 Å². The number of piperidine rings is 1. The van der Waals surface area contributed by atoms with Crippen molar-refractivity contribution in [3.63, 3.8) is 0 Å². The number of nitrogens with zero attached hydrogens (tertiary/aromatic N) is 1.